The predicted molar refractivity (Wildman–Crippen MR) is 114 cm³/mol. The normalized spacial score (nSPS) is 22.8. The van der Waals surface area contributed by atoms with E-state index in [9.17, 15) is 9.00 Å². The summed E-state index contributed by atoms with van der Waals surface area (Å²) in [6.07, 6.45) is 3.34. The van der Waals surface area contributed by atoms with Crippen LogP contribution in [0, 0.1) is 18.8 Å². The van der Waals surface area contributed by atoms with Crippen LogP contribution in [0.25, 0.3) is 11.5 Å². The van der Waals surface area contributed by atoms with Gasteiger partial charge in [-0.05, 0) is 49.4 Å². The van der Waals surface area contributed by atoms with Crippen LogP contribution in [0.1, 0.15) is 44.6 Å². The highest BCUT2D eigenvalue weighted by molar-refractivity contribution is 7.84. The molecule has 1 aliphatic rings. The molecule has 1 aromatic carbocycles. The summed E-state index contributed by atoms with van der Waals surface area (Å²) in [5.74, 6) is 2.96. The molecule has 0 saturated heterocycles. The summed E-state index contributed by atoms with van der Waals surface area (Å²) in [7, 11) is 0.276. The van der Waals surface area contributed by atoms with Crippen molar-refractivity contribution < 1.29 is 18.2 Å². The van der Waals surface area contributed by atoms with Gasteiger partial charge in [-0.1, -0.05) is 26.7 Å². The molecule has 0 aliphatic heterocycles. The quantitative estimate of drug-likeness (QED) is 0.739. The van der Waals surface area contributed by atoms with Crippen molar-refractivity contribution >= 4 is 16.7 Å². The minimum absolute atomic E-state index is 0.0121. The van der Waals surface area contributed by atoms with Gasteiger partial charge in [-0.25, -0.2) is 4.98 Å². The Labute approximate surface area is 174 Å². The maximum atomic E-state index is 12.5. The molecule has 1 aliphatic carbocycles. The highest BCUT2D eigenvalue weighted by Gasteiger charge is 2.28. The van der Waals surface area contributed by atoms with Crippen molar-refractivity contribution in [3.05, 3.63) is 35.7 Å². The molecule has 2 aromatic rings. The summed E-state index contributed by atoms with van der Waals surface area (Å²) in [4.78, 5) is 16.9. The first-order valence-electron chi connectivity index (χ1n) is 10.1. The van der Waals surface area contributed by atoms with E-state index in [1.165, 1.54) is 6.42 Å². The van der Waals surface area contributed by atoms with E-state index in [0.29, 0.717) is 29.2 Å². The highest BCUT2D eigenvalue weighted by atomic mass is 32.2. The maximum absolute atomic E-state index is 12.5. The molecule has 1 heterocycles. The number of carbonyl (C=O) groups excluding carboxylic acids is 1. The van der Waals surface area contributed by atoms with E-state index in [1.807, 2.05) is 24.3 Å². The molecule has 1 aromatic heterocycles. The minimum atomic E-state index is -1.34. The molecule has 0 bridgehead atoms. The number of hydrogen-bond donors (Lipinski definition) is 1. The molecule has 1 fully saturated rings. The van der Waals surface area contributed by atoms with E-state index in [1.54, 1.807) is 14.0 Å². The van der Waals surface area contributed by atoms with Gasteiger partial charge in [-0.15, -0.1) is 0 Å². The Morgan fingerprint density at radius 1 is 1.28 bits per heavy atom. The van der Waals surface area contributed by atoms with E-state index < -0.39 is 10.8 Å². The molecule has 1 N–H and O–H groups in total. The molecule has 1 amide bonds. The number of aryl methyl sites for hydroxylation is 1. The summed E-state index contributed by atoms with van der Waals surface area (Å²) in [6, 6.07) is 7.59. The van der Waals surface area contributed by atoms with Crippen LogP contribution in [0.2, 0.25) is 0 Å². The average Bonchev–Trinajstić information content (AvgIpc) is 3.05. The maximum Gasteiger partial charge on any atom is 0.232 e. The van der Waals surface area contributed by atoms with Gasteiger partial charge < -0.3 is 14.5 Å². The van der Waals surface area contributed by atoms with Gasteiger partial charge in [-0.3, -0.25) is 9.00 Å². The lowest BCUT2D eigenvalue weighted by Crippen LogP contribution is -2.45. The summed E-state index contributed by atoms with van der Waals surface area (Å²) in [5, 5.41) is 3.08. The van der Waals surface area contributed by atoms with Gasteiger partial charge in [0.25, 0.3) is 0 Å². The van der Waals surface area contributed by atoms with Crippen LogP contribution in [0.4, 0.5) is 0 Å². The average molecular weight is 419 g/mol. The lowest BCUT2D eigenvalue weighted by molar-refractivity contribution is -0.120. The van der Waals surface area contributed by atoms with Gasteiger partial charge in [0.15, 0.2) is 0 Å². The molecule has 3 rings (SSSR count). The lowest BCUT2D eigenvalue weighted by Gasteiger charge is -2.34. The van der Waals surface area contributed by atoms with Gasteiger partial charge in [-0.2, -0.15) is 0 Å². The van der Waals surface area contributed by atoms with Gasteiger partial charge in [0.2, 0.25) is 11.8 Å². The number of hydrogen-bond acceptors (Lipinski definition) is 5. The van der Waals surface area contributed by atoms with Crippen LogP contribution in [0.15, 0.2) is 28.7 Å². The minimum Gasteiger partial charge on any atom is -0.497 e. The molecule has 1 saturated carbocycles. The highest BCUT2D eigenvalue weighted by Crippen LogP contribution is 2.29. The number of benzene rings is 1. The molecular weight excluding hydrogens is 388 g/mol. The Bertz CT molecular complexity index is 862. The second-order valence-corrected chi connectivity index (χ2v) is 9.38. The number of methoxy groups -OCH3 is 1. The fourth-order valence-corrected chi connectivity index (χ4v) is 4.85. The van der Waals surface area contributed by atoms with E-state index in [2.05, 4.69) is 24.1 Å². The second-order valence-electron chi connectivity index (χ2n) is 7.92. The summed E-state index contributed by atoms with van der Waals surface area (Å²) in [6.45, 7) is 6.22. The first-order chi connectivity index (χ1) is 13.9. The Hall–Kier alpha value is -2.15. The van der Waals surface area contributed by atoms with Crippen molar-refractivity contribution in [2.75, 3.05) is 12.9 Å². The summed E-state index contributed by atoms with van der Waals surface area (Å²) >= 11 is 0. The number of oxazole rings is 1. The molecule has 0 spiro atoms. The third-order valence-corrected chi connectivity index (χ3v) is 7.05. The largest absolute Gasteiger partial charge is 0.497 e. The van der Waals surface area contributed by atoms with Gasteiger partial charge in [0, 0.05) is 22.4 Å². The van der Waals surface area contributed by atoms with Crippen LogP contribution in [-0.2, 0) is 21.3 Å². The summed E-state index contributed by atoms with van der Waals surface area (Å²) in [5.41, 5.74) is 1.45. The van der Waals surface area contributed by atoms with Crippen molar-refractivity contribution in [1.82, 2.24) is 10.3 Å². The van der Waals surface area contributed by atoms with Crippen LogP contribution in [0.5, 0.6) is 5.75 Å². The second kappa shape index (κ2) is 9.57. The smallest absolute Gasteiger partial charge is 0.232 e. The zero-order valence-electron chi connectivity index (χ0n) is 17.6. The number of nitrogens with one attached hydrogen (secondary N) is 1. The van der Waals surface area contributed by atoms with Gasteiger partial charge in [0.1, 0.15) is 17.3 Å². The molecule has 29 heavy (non-hydrogen) atoms. The predicted octanol–water partition coefficient (Wildman–Crippen LogP) is 3.85. The SMILES string of the molecule is COc1ccc(-c2nc(C[S@@](=O)CC(=O)N[C@@H]3CCC[C@H](C)[C@@H]3C)c(C)o2)cc1. The monoisotopic (exact) mass is 418 g/mol. The molecule has 0 radical (unpaired) electrons. The number of ether oxygens (including phenoxy) is 1. The van der Waals surface area contributed by atoms with Crippen LogP contribution in [0.3, 0.4) is 0 Å². The Balaban J connectivity index is 1.57. The van der Waals surface area contributed by atoms with Gasteiger partial charge in [0.05, 0.1) is 18.6 Å². The number of nitrogens with zero attached hydrogens (tertiary/aromatic N) is 1. The summed E-state index contributed by atoms with van der Waals surface area (Å²) < 4.78 is 23.4. The van der Waals surface area contributed by atoms with Crippen molar-refractivity contribution in [1.29, 1.82) is 0 Å². The van der Waals surface area contributed by atoms with E-state index >= 15 is 0 Å². The van der Waals surface area contributed by atoms with Crippen molar-refractivity contribution in [3.63, 3.8) is 0 Å². The topological polar surface area (TPSA) is 81.4 Å². The Kier molecular flexibility index (Phi) is 7.11. The first-order valence-corrected chi connectivity index (χ1v) is 11.6. The Morgan fingerprint density at radius 3 is 2.69 bits per heavy atom. The fraction of sp³-hybridized carbons (Fsp3) is 0.545. The first kappa shape index (κ1) is 21.6. The van der Waals surface area contributed by atoms with Crippen molar-refractivity contribution in [2.24, 2.45) is 11.8 Å². The van der Waals surface area contributed by atoms with Crippen LogP contribution >= 0.6 is 0 Å². The van der Waals surface area contributed by atoms with Crippen LogP contribution in [-0.4, -0.2) is 34.0 Å². The zero-order valence-corrected chi connectivity index (χ0v) is 18.4. The lowest BCUT2D eigenvalue weighted by atomic mass is 9.78. The van der Waals surface area contributed by atoms with Crippen molar-refractivity contribution in [2.45, 2.75) is 51.8 Å². The molecule has 0 unspecified atom stereocenters. The molecule has 4 atom stereocenters. The van der Waals surface area contributed by atoms with E-state index in [0.717, 1.165) is 24.2 Å². The number of aromatic nitrogens is 1. The Morgan fingerprint density at radius 2 is 2.00 bits per heavy atom. The van der Waals surface area contributed by atoms with E-state index in [4.69, 9.17) is 9.15 Å². The van der Waals surface area contributed by atoms with E-state index in [-0.39, 0.29) is 23.5 Å². The zero-order chi connectivity index (χ0) is 21.0. The number of amides is 1. The van der Waals surface area contributed by atoms with Gasteiger partial charge >= 0.3 is 0 Å². The van der Waals surface area contributed by atoms with Crippen molar-refractivity contribution in [3.8, 4) is 17.2 Å². The molecular formula is C22H30N2O4S. The number of carbonyl (C=O) groups is 1. The number of rotatable bonds is 7. The van der Waals surface area contributed by atoms with Crippen LogP contribution < -0.4 is 10.1 Å². The fourth-order valence-electron chi connectivity index (χ4n) is 3.80. The standard InChI is InChI=1S/C22H30N2O4S/c1-14-6-5-7-19(15(14)2)23-21(25)13-29(26)12-20-16(3)28-22(24-20)17-8-10-18(27-4)11-9-17/h8-11,14-15,19H,5-7,12-13H2,1-4H3,(H,23,25)/t14-,15-,19+,29+/m0/s1. The third kappa shape index (κ3) is 5.47. The molecule has 158 valence electrons. The third-order valence-electron chi connectivity index (χ3n) is 5.87. The molecule has 6 nitrogen and oxygen atoms in total. The molecule has 7 heteroatoms.